The standard InChI is InChI=1S/C15H23NO/c1-11(2)13-5-7-14(8-6-13)16-9-15(17,10-16)12(3)4/h5-8,11-12,17H,9-10H2,1-4H3. The second kappa shape index (κ2) is 4.34. The predicted molar refractivity (Wildman–Crippen MR) is 72.5 cm³/mol. The van der Waals surface area contributed by atoms with E-state index in [4.69, 9.17) is 0 Å². The minimum absolute atomic E-state index is 0.327. The number of rotatable bonds is 3. The van der Waals surface area contributed by atoms with E-state index >= 15 is 0 Å². The summed E-state index contributed by atoms with van der Waals surface area (Å²) >= 11 is 0. The number of hydrogen-bond acceptors (Lipinski definition) is 2. The van der Waals surface area contributed by atoms with Crippen LogP contribution in [0.5, 0.6) is 0 Å². The fourth-order valence-corrected chi connectivity index (χ4v) is 2.23. The lowest BCUT2D eigenvalue weighted by Crippen LogP contribution is -2.64. The van der Waals surface area contributed by atoms with Gasteiger partial charge in [0.25, 0.3) is 0 Å². The van der Waals surface area contributed by atoms with Gasteiger partial charge in [-0.1, -0.05) is 39.8 Å². The van der Waals surface area contributed by atoms with Crippen molar-refractivity contribution < 1.29 is 5.11 Å². The fourth-order valence-electron chi connectivity index (χ4n) is 2.23. The Morgan fingerprint density at radius 3 is 2.00 bits per heavy atom. The van der Waals surface area contributed by atoms with Gasteiger partial charge in [0.1, 0.15) is 5.60 Å². The van der Waals surface area contributed by atoms with E-state index in [1.165, 1.54) is 11.3 Å². The highest BCUT2D eigenvalue weighted by atomic mass is 16.3. The van der Waals surface area contributed by atoms with Gasteiger partial charge in [0.15, 0.2) is 0 Å². The molecule has 17 heavy (non-hydrogen) atoms. The largest absolute Gasteiger partial charge is 0.386 e. The van der Waals surface area contributed by atoms with Gasteiger partial charge in [-0.3, -0.25) is 0 Å². The molecule has 0 atom stereocenters. The third kappa shape index (κ3) is 2.32. The zero-order valence-electron chi connectivity index (χ0n) is 11.3. The molecule has 2 nitrogen and oxygen atoms in total. The van der Waals surface area contributed by atoms with E-state index < -0.39 is 5.60 Å². The Morgan fingerprint density at radius 1 is 1.06 bits per heavy atom. The highest BCUT2D eigenvalue weighted by molar-refractivity contribution is 5.51. The van der Waals surface area contributed by atoms with Crippen molar-refractivity contribution in [3.8, 4) is 0 Å². The van der Waals surface area contributed by atoms with Crippen LogP contribution in [0.15, 0.2) is 24.3 Å². The van der Waals surface area contributed by atoms with Gasteiger partial charge in [-0.05, 0) is 29.5 Å². The Kier molecular flexibility index (Phi) is 3.17. The van der Waals surface area contributed by atoms with E-state index in [0.29, 0.717) is 11.8 Å². The number of β-amino-alcohol motifs (C(OH)–C–C–N with tert-alkyl or cyclic N) is 1. The maximum absolute atomic E-state index is 10.2. The summed E-state index contributed by atoms with van der Waals surface area (Å²) in [6.45, 7) is 10.1. The Morgan fingerprint density at radius 2 is 1.59 bits per heavy atom. The molecule has 2 heteroatoms. The smallest absolute Gasteiger partial charge is 0.102 e. The van der Waals surface area contributed by atoms with E-state index in [-0.39, 0.29) is 0 Å². The molecule has 94 valence electrons. The van der Waals surface area contributed by atoms with Crippen molar-refractivity contribution in [2.75, 3.05) is 18.0 Å². The van der Waals surface area contributed by atoms with Gasteiger partial charge in [-0.25, -0.2) is 0 Å². The summed E-state index contributed by atoms with van der Waals surface area (Å²) in [5, 5.41) is 10.2. The summed E-state index contributed by atoms with van der Waals surface area (Å²) < 4.78 is 0. The molecule has 1 aromatic carbocycles. The molecule has 0 aliphatic carbocycles. The fraction of sp³-hybridized carbons (Fsp3) is 0.600. The molecule has 1 aliphatic heterocycles. The Labute approximate surface area is 104 Å². The van der Waals surface area contributed by atoms with Crippen molar-refractivity contribution in [3.05, 3.63) is 29.8 Å². The van der Waals surface area contributed by atoms with Gasteiger partial charge in [0, 0.05) is 18.8 Å². The molecule has 1 saturated heterocycles. The lowest BCUT2D eigenvalue weighted by molar-refractivity contribution is -0.0300. The second-order valence-electron chi connectivity index (χ2n) is 5.86. The van der Waals surface area contributed by atoms with E-state index in [1.807, 2.05) is 0 Å². The van der Waals surface area contributed by atoms with Gasteiger partial charge in [-0.15, -0.1) is 0 Å². The molecule has 0 amide bonds. The highest BCUT2D eigenvalue weighted by Gasteiger charge is 2.43. The number of hydrogen-bond donors (Lipinski definition) is 1. The van der Waals surface area contributed by atoms with Gasteiger partial charge < -0.3 is 10.0 Å². The first-order chi connectivity index (χ1) is 7.92. The van der Waals surface area contributed by atoms with Crippen LogP contribution in [-0.4, -0.2) is 23.8 Å². The number of benzene rings is 1. The highest BCUT2D eigenvalue weighted by Crippen LogP contribution is 2.33. The Bertz CT molecular complexity index is 374. The van der Waals surface area contributed by atoms with Crippen molar-refractivity contribution in [3.63, 3.8) is 0 Å². The van der Waals surface area contributed by atoms with Crippen molar-refractivity contribution in [1.82, 2.24) is 0 Å². The van der Waals surface area contributed by atoms with E-state index in [2.05, 4.69) is 56.9 Å². The van der Waals surface area contributed by atoms with Crippen LogP contribution in [-0.2, 0) is 0 Å². The van der Waals surface area contributed by atoms with Gasteiger partial charge >= 0.3 is 0 Å². The van der Waals surface area contributed by atoms with E-state index in [9.17, 15) is 5.11 Å². The van der Waals surface area contributed by atoms with Crippen LogP contribution in [0.3, 0.4) is 0 Å². The summed E-state index contributed by atoms with van der Waals surface area (Å²) in [5.74, 6) is 0.904. The van der Waals surface area contributed by atoms with Crippen molar-refractivity contribution in [2.45, 2.75) is 39.2 Å². The third-order valence-electron chi connectivity index (χ3n) is 3.93. The molecule has 0 unspecified atom stereocenters. The molecule has 1 N–H and O–H groups in total. The molecular weight excluding hydrogens is 210 g/mol. The maximum atomic E-state index is 10.2. The van der Waals surface area contributed by atoms with Gasteiger partial charge in [0.05, 0.1) is 0 Å². The summed E-state index contributed by atoms with van der Waals surface area (Å²) in [4.78, 5) is 2.24. The minimum atomic E-state index is -0.489. The number of anilines is 1. The van der Waals surface area contributed by atoms with Crippen molar-refractivity contribution in [1.29, 1.82) is 0 Å². The molecule has 2 rings (SSSR count). The maximum Gasteiger partial charge on any atom is 0.102 e. The number of aliphatic hydroxyl groups is 1. The zero-order chi connectivity index (χ0) is 12.6. The molecule has 0 bridgehead atoms. The molecule has 0 saturated carbocycles. The summed E-state index contributed by atoms with van der Waals surface area (Å²) in [5.41, 5.74) is 2.10. The second-order valence-corrected chi connectivity index (χ2v) is 5.86. The first-order valence-electron chi connectivity index (χ1n) is 6.49. The molecule has 1 heterocycles. The molecule has 0 spiro atoms. The molecule has 1 fully saturated rings. The quantitative estimate of drug-likeness (QED) is 0.867. The molecule has 1 aromatic rings. The number of nitrogens with zero attached hydrogens (tertiary/aromatic N) is 1. The predicted octanol–water partition coefficient (Wildman–Crippen LogP) is 3.02. The Hall–Kier alpha value is -1.02. The van der Waals surface area contributed by atoms with Crippen LogP contribution in [0.2, 0.25) is 0 Å². The summed E-state index contributed by atoms with van der Waals surface area (Å²) in [7, 11) is 0. The SMILES string of the molecule is CC(C)c1ccc(N2CC(O)(C(C)C)C2)cc1. The van der Waals surface area contributed by atoms with Crippen molar-refractivity contribution in [2.24, 2.45) is 5.92 Å². The lowest BCUT2D eigenvalue weighted by atomic mass is 9.82. The van der Waals surface area contributed by atoms with E-state index in [0.717, 1.165) is 13.1 Å². The topological polar surface area (TPSA) is 23.5 Å². The Balaban J connectivity index is 2.02. The van der Waals surface area contributed by atoms with Crippen LogP contribution in [0.4, 0.5) is 5.69 Å². The van der Waals surface area contributed by atoms with Crippen LogP contribution in [0.1, 0.15) is 39.2 Å². The van der Waals surface area contributed by atoms with Crippen LogP contribution in [0.25, 0.3) is 0 Å². The first kappa shape index (κ1) is 12.4. The monoisotopic (exact) mass is 233 g/mol. The zero-order valence-corrected chi connectivity index (χ0v) is 11.3. The van der Waals surface area contributed by atoms with E-state index in [1.54, 1.807) is 0 Å². The average Bonchev–Trinajstić information content (AvgIpc) is 2.24. The normalized spacial score (nSPS) is 18.6. The molecule has 0 radical (unpaired) electrons. The van der Waals surface area contributed by atoms with Gasteiger partial charge in [-0.2, -0.15) is 0 Å². The minimum Gasteiger partial charge on any atom is -0.386 e. The van der Waals surface area contributed by atoms with Crippen LogP contribution < -0.4 is 4.90 Å². The van der Waals surface area contributed by atoms with Crippen LogP contribution in [0, 0.1) is 5.92 Å². The molecular formula is C15H23NO. The lowest BCUT2D eigenvalue weighted by Gasteiger charge is -2.50. The van der Waals surface area contributed by atoms with Crippen molar-refractivity contribution >= 4 is 5.69 Å². The van der Waals surface area contributed by atoms with Gasteiger partial charge in [0.2, 0.25) is 0 Å². The van der Waals surface area contributed by atoms with Crippen LogP contribution >= 0.6 is 0 Å². The molecule has 1 aliphatic rings. The summed E-state index contributed by atoms with van der Waals surface area (Å²) in [6, 6.07) is 8.70. The first-order valence-corrected chi connectivity index (χ1v) is 6.49. The molecule has 0 aromatic heterocycles. The summed E-state index contributed by atoms with van der Waals surface area (Å²) in [6.07, 6.45) is 0. The average molecular weight is 233 g/mol. The third-order valence-corrected chi connectivity index (χ3v) is 3.93.